The van der Waals surface area contributed by atoms with Crippen LogP contribution in [0.4, 0.5) is 0 Å². The van der Waals surface area contributed by atoms with Gasteiger partial charge >= 0.3 is 0 Å². The Morgan fingerprint density at radius 1 is 1.22 bits per heavy atom. The summed E-state index contributed by atoms with van der Waals surface area (Å²) in [5.41, 5.74) is 0.689. The Bertz CT molecular complexity index is 442. The van der Waals surface area contributed by atoms with Gasteiger partial charge in [0.25, 0.3) is 0 Å². The maximum atomic E-state index is 11.9. The number of benzene rings is 1. The molecule has 1 rings (SSSR count). The second-order valence-electron chi connectivity index (χ2n) is 3.90. The highest BCUT2D eigenvalue weighted by Crippen LogP contribution is 2.10. The summed E-state index contributed by atoms with van der Waals surface area (Å²) in [6.07, 6.45) is 1.56. The average molecular weight is 273 g/mol. The van der Waals surface area contributed by atoms with Crippen LogP contribution in [-0.2, 0) is 21.4 Å². The first-order valence-electron chi connectivity index (χ1n) is 5.78. The van der Waals surface area contributed by atoms with Gasteiger partial charge in [-0.05, 0) is 30.5 Å². The number of nitrogens with one attached hydrogen (secondary N) is 1. The van der Waals surface area contributed by atoms with Crippen molar-refractivity contribution in [2.75, 3.05) is 20.3 Å². The van der Waals surface area contributed by atoms with E-state index in [0.717, 1.165) is 12.8 Å². The summed E-state index contributed by atoms with van der Waals surface area (Å²) in [7, 11) is -1.83. The van der Waals surface area contributed by atoms with E-state index in [9.17, 15) is 8.42 Å². The number of aliphatic hydroxyl groups is 1. The van der Waals surface area contributed by atoms with E-state index < -0.39 is 10.0 Å². The Morgan fingerprint density at radius 3 is 2.44 bits per heavy atom. The second kappa shape index (κ2) is 7.48. The van der Waals surface area contributed by atoms with Crippen LogP contribution in [0.15, 0.2) is 29.2 Å². The van der Waals surface area contributed by atoms with Crippen molar-refractivity contribution in [2.24, 2.45) is 0 Å². The van der Waals surface area contributed by atoms with Gasteiger partial charge in [-0.25, -0.2) is 13.1 Å². The zero-order valence-electron chi connectivity index (χ0n) is 10.4. The molecule has 0 aliphatic heterocycles. The molecule has 0 radical (unpaired) electrons. The number of rotatable bonds is 8. The minimum absolute atomic E-state index is 0.0925. The lowest BCUT2D eigenvalue weighted by Crippen LogP contribution is -2.25. The van der Waals surface area contributed by atoms with Crippen LogP contribution in [0.3, 0.4) is 0 Å². The van der Waals surface area contributed by atoms with E-state index in [1.54, 1.807) is 19.2 Å². The van der Waals surface area contributed by atoms with Crippen LogP contribution in [0.2, 0.25) is 0 Å². The summed E-state index contributed by atoms with van der Waals surface area (Å²) < 4.78 is 31.1. The predicted octanol–water partition coefficient (Wildman–Crippen LogP) is 0.884. The van der Waals surface area contributed by atoms with Gasteiger partial charge in [0.1, 0.15) is 0 Å². The standard InChI is InChI=1S/C12H19NO4S/c1-17-9-3-2-8-13-18(15,16)12-6-4-11(10-14)5-7-12/h4-7,13-14H,2-3,8-10H2,1H3. The number of hydrogen-bond acceptors (Lipinski definition) is 4. The molecule has 6 heteroatoms. The molecule has 0 aliphatic carbocycles. The van der Waals surface area contributed by atoms with Gasteiger partial charge in [-0.3, -0.25) is 0 Å². The Labute approximate surface area is 108 Å². The minimum atomic E-state index is -3.44. The van der Waals surface area contributed by atoms with Gasteiger partial charge in [0, 0.05) is 20.3 Å². The highest BCUT2D eigenvalue weighted by Gasteiger charge is 2.12. The highest BCUT2D eigenvalue weighted by atomic mass is 32.2. The summed E-state index contributed by atoms with van der Waals surface area (Å²) in [6, 6.07) is 6.17. The van der Waals surface area contributed by atoms with Crippen LogP contribution in [0.1, 0.15) is 18.4 Å². The summed E-state index contributed by atoms with van der Waals surface area (Å²) in [6.45, 7) is 0.936. The average Bonchev–Trinajstić information content (AvgIpc) is 2.38. The Morgan fingerprint density at radius 2 is 1.89 bits per heavy atom. The fourth-order valence-corrected chi connectivity index (χ4v) is 2.51. The van der Waals surface area contributed by atoms with E-state index in [1.165, 1.54) is 12.1 Å². The van der Waals surface area contributed by atoms with Crippen LogP contribution < -0.4 is 4.72 Å². The molecule has 0 aliphatic rings. The van der Waals surface area contributed by atoms with Crippen molar-refractivity contribution in [1.29, 1.82) is 0 Å². The number of aliphatic hydroxyl groups excluding tert-OH is 1. The molecule has 0 atom stereocenters. The predicted molar refractivity (Wildman–Crippen MR) is 68.7 cm³/mol. The molecular weight excluding hydrogens is 254 g/mol. The molecule has 0 spiro atoms. The largest absolute Gasteiger partial charge is 0.392 e. The third-order valence-corrected chi connectivity index (χ3v) is 3.96. The van der Waals surface area contributed by atoms with Crippen molar-refractivity contribution in [3.63, 3.8) is 0 Å². The van der Waals surface area contributed by atoms with Crippen LogP contribution in [0, 0.1) is 0 Å². The van der Waals surface area contributed by atoms with Crippen molar-refractivity contribution < 1.29 is 18.3 Å². The molecule has 0 unspecified atom stereocenters. The van der Waals surface area contributed by atoms with Crippen molar-refractivity contribution in [1.82, 2.24) is 4.72 Å². The Kier molecular flexibility index (Phi) is 6.28. The molecule has 0 fully saturated rings. The number of hydrogen-bond donors (Lipinski definition) is 2. The minimum Gasteiger partial charge on any atom is -0.392 e. The topological polar surface area (TPSA) is 75.6 Å². The highest BCUT2D eigenvalue weighted by molar-refractivity contribution is 7.89. The first-order chi connectivity index (χ1) is 8.60. The van der Waals surface area contributed by atoms with E-state index in [2.05, 4.69) is 4.72 Å². The van der Waals surface area contributed by atoms with Gasteiger partial charge in [-0.2, -0.15) is 0 Å². The first kappa shape index (κ1) is 15.1. The van der Waals surface area contributed by atoms with Crippen LogP contribution in [0.5, 0.6) is 0 Å². The Hall–Kier alpha value is -0.950. The molecule has 0 amide bonds. The third-order valence-electron chi connectivity index (χ3n) is 2.48. The molecule has 2 N–H and O–H groups in total. The normalized spacial score (nSPS) is 11.7. The molecule has 0 bridgehead atoms. The smallest absolute Gasteiger partial charge is 0.240 e. The van der Waals surface area contributed by atoms with Crippen molar-refractivity contribution in [3.05, 3.63) is 29.8 Å². The fourth-order valence-electron chi connectivity index (χ4n) is 1.44. The zero-order valence-corrected chi connectivity index (χ0v) is 11.2. The number of sulfonamides is 1. The SMILES string of the molecule is COCCCCNS(=O)(=O)c1ccc(CO)cc1. The molecule has 0 aromatic heterocycles. The lowest BCUT2D eigenvalue weighted by molar-refractivity contribution is 0.193. The van der Waals surface area contributed by atoms with Gasteiger partial charge in [0.05, 0.1) is 11.5 Å². The maximum absolute atomic E-state index is 11.9. The molecule has 18 heavy (non-hydrogen) atoms. The monoisotopic (exact) mass is 273 g/mol. The van der Waals surface area contributed by atoms with Gasteiger partial charge in [0.15, 0.2) is 0 Å². The summed E-state index contributed by atoms with van der Waals surface area (Å²) in [5.74, 6) is 0. The second-order valence-corrected chi connectivity index (χ2v) is 5.67. The lowest BCUT2D eigenvalue weighted by Gasteiger charge is -2.07. The van der Waals surface area contributed by atoms with Gasteiger partial charge in [0.2, 0.25) is 10.0 Å². The molecule has 1 aromatic carbocycles. The molecule has 5 nitrogen and oxygen atoms in total. The number of methoxy groups -OCH3 is 1. The van der Waals surface area contributed by atoms with Crippen molar-refractivity contribution in [3.8, 4) is 0 Å². The quantitative estimate of drug-likeness (QED) is 0.690. The number of ether oxygens (including phenoxy) is 1. The zero-order chi connectivity index (χ0) is 13.4. The van der Waals surface area contributed by atoms with Gasteiger partial charge in [-0.1, -0.05) is 12.1 Å². The third kappa shape index (κ3) is 4.73. The van der Waals surface area contributed by atoms with E-state index in [1.807, 2.05) is 0 Å². The Balaban J connectivity index is 2.51. The summed E-state index contributed by atoms with van der Waals surface area (Å²) in [4.78, 5) is 0.214. The summed E-state index contributed by atoms with van der Waals surface area (Å²) in [5, 5.41) is 8.88. The van der Waals surface area contributed by atoms with E-state index in [4.69, 9.17) is 9.84 Å². The van der Waals surface area contributed by atoms with Crippen molar-refractivity contribution >= 4 is 10.0 Å². The molecule has 0 saturated carbocycles. The van der Waals surface area contributed by atoms with E-state index in [-0.39, 0.29) is 11.5 Å². The van der Waals surface area contributed by atoms with Crippen LogP contribution in [0.25, 0.3) is 0 Å². The molecule has 1 aromatic rings. The first-order valence-corrected chi connectivity index (χ1v) is 7.27. The van der Waals surface area contributed by atoms with Gasteiger partial charge < -0.3 is 9.84 Å². The van der Waals surface area contributed by atoms with E-state index >= 15 is 0 Å². The fraction of sp³-hybridized carbons (Fsp3) is 0.500. The molecule has 0 heterocycles. The van der Waals surface area contributed by atoms with Gasteiger partial charge in [-0.15, -0.1) is 0 Å². The van der Waals surface area contributed by atoms with Crippen molar-refractivity contribution in [2.45, 2.75) is 24.3 Å². The maximum Gasteiger partial charge on any atom is 0.240 e. The van der Waals surface area contributed by atoms with Crippen LogP contribution in [-0.4, -0.2) is 33.8 Å². The molecular formula is C12H19NO4S. The lowest BCUT2D eigenvalue weighted by atomic mass is 10.2. The van der Waals surface area contributed by atoms with Crippen LogP contribution >= 0.6 is 0 Å². The molecule has 0 saturated heterocycles. The van der Waals surface area contributed by atoms with E-state index in [0.29, 0.717) is 18.7 Å². The molecule has 102 valence electrons. The summed E-state index contributed by atoms with van der Waals surface area (Å²) >= 11 is 0. The number of unbranched alkanes of at least 4 members (excludes halogenated alkanes) is 1.